The molecular weight excluding hydrogens is 266 g/mol. The summed E-state index contributed by atoms with van der Waals surface area (Å²) in [5.74, 6) is -0.137. The summed E-state index contributed by atoms with van der Waals surface area (Å²) in [6, 6.07) is 4.18. The van der Waals surface area contributed by atoms with Crippen molar-refractivity contribution in [2.45, 2.75) is 12.3 Å². The van der Waals surface area contributed by atoms with Crippen molar-refractivity contribution in [3.8, 4) is 5.75 Å². The summed E-state index contributed by atoms with van der Waals surface area (Å²) in [5, 5.41) is 0.0592. The summed E-state index contributed by atoms with van der Waals surface area (Å²) < 4.78 is 41.7. The van der Waals surface area contributed by atoms with Crippen molar-refractivity contribution in [2.75, 3.05) is 6.54 Å². The normalized spacial score (nSPS) is 13.6. The molecule has 90 valence electrons. The summed E-state index contributed by atoms with van der Waals surface area (Å²) in [5.41, 5.74) is 4.97. The van der Waals surface area contributed by atoms with Gasteiger partial charge in [-0.05, 0) is 12.1 Å². The van der Waals surface area contributed by atoms with Gasteiger partial charge in [-0.15, -0.1) is 0 Å². The first-order chi connectivity index (χ1) is 7.36. The SMILES string of the molecule is NCC(Oc1cccc(Cl)c1Cl)C(F)(F)F. The Morgan fingerprint density at radius 3 is 2.44 bits per heavy atom. The maximum absolute atomic E-state index is 12.4. The van der Waals surface area contributed by atoms with Gasteiger partial charge in [0, 0.05) is 6.54 Å². The van der Waals surface area contributed by atoms with Gasteiger partial charge in [0.1, 0.15) is 10.8 Å². The molecule has 0 aliphatic rings. The number of ether oxygens (including phenoxy) is 1. The van der Waals surface area contributed by atoms with Gasteiger partial charge in [0.05, 0.1) is 5.02 Å². The Balaban J connectivity index is 2.91. The van der Waals surface area contributed by atoms with E-state index in [9.17, 15) is 13.2 Å². The van der Waals surface area contributed by atoms with Gasteiger partial charge in [0.25, 0.3) is 0 Å². The second-order valence-electron chi connectivity index (χ2n) is 2.94. The average molecular weight is 274 g/mol. The van der Waals surface area contributed by atoms with Crippen molar-refractivity contribution in [2.24, 2.45) is 5.73 Å². The zero-order valence-corrected chi connectivity index (χ0v) is 9.40. The highest BCUT2D eigenvalue weighted by Crippen LogP contribution is 2.34. The maximum Gasteiger partial charge on any atom is 0.426 e. The van der Waals surface area contributed by atoms with Crippen molar-refractivity contribution >= 4 is 23.2 Å². The molecule has 0 spiro atoms. The van der Waals surface area contributed by atoms with E-state index >= 15 is 0 Å². The van der Waals surface area contributed by atoms with E-state index in [4.69, 9.17) is 28.9 Å². The van der Waals surface area contributed by atoms with Crippen LogP contribution in [0, 0.1) is 0 Å². The monoisotopic (exact) mass is 273 g/mol. The van der Waals surface area contributed by atoms with Crippen molar-refractivity contribution in [3.63, 3.8) is 0 Å². The van der Waals surface area contributed by atoms with E-state index < -0.39 is 18.8 Å². The van der Waals surface area contributed by atoms with Crippen LogP contribution in [0.4, 0.5) is 13.2 Å². The van der Waals surface area contributed by atoms with Gasteiger partial charge in [0.15, 0.2) is 0 Å². The van der Waals surface area contributed by atoms with Crippen molar-refractivity contribution in [1.29, 1.82) is 0 Å². The van der Waals surface area contributed by atoms with Crippen LogP contribution in [0.5, 0.6) is 5.75 Å². The molecule has 0 bridgehead atoms. The van der Waals surface area contributed by atoms with Crippen LogP contribution in [-0.2, 0) is 0 Å². The maximum atomic E-state index is 12.4. The molecule has 0 saturated carbocycles. The molecule has 1 rings (SSSR count). The first-order valence-electron chi connectivity index (χ1n) is 4.23. The molecule has 0 fully saturated rings. The van der Waals surface area contributed by atoms with Crippen molar-refractivity contribution in [3.05, 3.63) is 28.2 Å². The van der Waals surface area contributed by atoms with Crippen LogP contribution in [0.15, 0.2) is 18.2 Å². The Morgan fingerprint density at radius 1 is 1.31 bits per heavy atom. The van der Waals surface area contributed by atoms with E-state index in [0.29, 0.717) is 0 Å². The molecular formula is C9H8Cl2F3NO. The molecule has 0 heterocycles. The molecule has 0 aromatic heterocycles. The minimum absolute atomic E-state index is 0.0631. The molecule has 2 nitrogen and oxygen atoms in total. The molecule has 0 saturated heterocycles. The summed E-state index contributed by atoms with van der Waals surface area (Å²) >= 11 is 11.3. The van der Waals surface area contributed by atoms with Crippen LogP contribution in [0.3, 0.4) is 0 Å². The van der Waals surface area contributed by atoms with Crippen LogP contribution < -0.4 is 10.5 Å². The van der Waals surface area contributed by atoms with Crippen LogP contribution in [0.1, 0.15) is 0 Å². The van der Waals surface area contributed by atoms with E-state index in [1.165, 1.54) is 18.2 Å². The Bertz CT molecular complexity index is 370. The Hall–Kier alpha value is -0.650. The summed E-state index contributed by atoms with van der Waals surface area (Å²) in [4.78, 5) is 0. The Labute approximate surface area is 100 Å². The number of nitrogens with two attached hydrogens (primary N) is 1. The Morgan fingerprint density at radius 2 is 1.94 bits per heavy atom. The fourth-order valence-corrected chi connectivity index (χ4v) is 1.31. The highest BCUT2D eigenvalue weighted by Gasteiger charge is 2.41. The Kier molecular flexibility index (Phi) is 4.29. The van der Waals surface area contributed by atoms with Crippen LogP contribution in [0.2, 0.25) is 10.0 Å². The largest absolute Gasteiger partial charge is 0.478 e. The van der Waals surface area contributed by atoms with Gasteiger partial charge in [-0.1, -0.05) is 29.3 Å². The second-order valence-corrected chi connectivity index (χ2v) is 3.72. The highest BCUT2D eigenvalue weighted by atomic mass is 35.5. The second kappa shape index (κ2) is 5.12. The predicted octanol–water partition coefficient (Wildman–Crippen LogP) is 3.26. The minimum Gasteiger partial charge on any atom is -0.478 e. The third kappa shape index (κ3) is 3.17. The lowest BCUT2D eigenvalue weighted by molar-refractivity contribution is -0.191. The zero-order chi connectivity index (χ0) is 12.3. The molecule has 1 aromatic rings. The number of alkyl halides is 3. The molecule has 0 aliphatic heterocycles. The lowest BCUT2D eigenvalue weighted by Crippen LogP contribution is -2.40. The fraction of sp³-hybridized carbons (Fsp3) is 0.333. The number of rotatable bonds is 3. The molecule has 1 unspecified atom stereocenters. The standard InChI is InChI=1S/C9H8Cl2F3NO/c10-5-2-1-3-6(8(5)11)16-7(4-15)9(12,13)14/h1-3,7H,4,15H2. The smallest absolute Gasteiger partial charge is 0.426 e. The van der Waals surface area contributed by atoms with Crippen LogP contribution in [0.25, 0.3) is 0 Å². The summed E-state index contributed by atoms with van der Waals surface area (Å²) in [7, 11) is 0. The highest BCUT2D eigenvalue weighted by molar-refractivity contribution is 6.42. The number of benzene rings is 1. The fourth-order valence-electron chi connectivity index (χ4n) is 0.977. The first-order valence-corrected chi connectivity index (χ1v) is 4.99. The lowest BCUT2D eigenvalue weighted by Gasteiger charge is -2.20. The molecule has 0 amide bonds. The van der Waals surface area contributed by atoms with E-state index in [2.05, 4.69) is 4.74 Å². The minimum atomic E-state index is -4.54. The first kappa shape index (κ1) is 13.4. The quantitative estimate of drug-likeness (QED) is 0.918. The third-order valence-corrected chi connectivity index (χ3v) is 2.57. The van der Waals surface area contributed by atoms with Gasteiger partial charge in [-0.25, -0.2) is 0 Å². The lowest BCUT2D eigenvalue weighted by atomic mass is 10.3. The number of halogens is 5. The van der Waals surface area contributed by atoms with Gasteiger partial charge < -0.3 is 10.5 Å². The topological polar surface area (TPSA) is 35.2 Å². The molecule has 16 heavy (non-hydrogen) atoms. The van der Waals surface area contributed by atoms with Gasteiger partial charge in [-0.2, -0.15) is 13.2 Å². The van der Waals surface area contributed by atoms with E-state index in [1.54, 1.807) is 0 Å². The molecule has 7 heteroatoms. The number of hydrogen-bond acceptors (Lipinski definition) is 2. The van der Waals surface area contributed by atoms with E-state index in [1.807, 2.05) is 0 Å². The third-order valence-electron chi connectivity index (χ3n) is 1.76. The molecule has 1 aromatic carbocycles. The average Bonchev–Trinajstić information content (AvgIpc) is 2.18. The molecule has 2 N–H and O–H groups in total. The molecule has 0 aliphatic carbocycles. The van der Waals surface area contributed by atoms with E-state index in [-0.39, 0.29) is 15.8 Å². The van der Waals surface area contributed by atoms with Gasteiger partial charge >= 0.3 is 6.18 Å². The van der Waals surface area contributed by atoms with Crippen LogP contribution in [-0.4, -0.2) is 18.8 Å². The van der Waals surface area contributed by atoms with Crippen molar-refractivity contribution in [1.82, 2.24) is 0 Å². The predicted molar refractivity (Wildman–Crippen MR) is 56.0 cm³/mol. The van der Waals surface area contributed by atoms with Crippen molar-refractivity contribution < 1.29 is 17.9 Å². The van der Waals surface area contributed by atoms with Gasteiger partial charge in [0.2, 0.25) is 6.10 Å². The zero-order valence-electron chi connectivity index (χ0n) is 7.89. The molecule has 0 radical (unpaired) electrons. The summed E-state index contributed by atoms with van der Waals surface area (Å²) in [6.45, 7) is -0.688. The van der Waals surface area contributed by atoms with Gasteiger partial charge in [-0.3, -0.25) is 0 Å². The van der Waals surface area contributed by atoms with E-state index in [0.717, 1.165) is 0 Å². The summed E-state index contributed by atoms with van der Waals surface area (Å²) in [6.07, 6.45) is -6.64. The number of hydrogen-bond donors (Lipinski definition) is 1. The molecule has 1 atom stereocenters. The van der Waals surface area contributed by atoms with Crippen LogP contribution >= 0.6 is 23.2 Å².